The van der Waals surface area contributed by atoms with Crippen LogP contribution in [0.15, 0.2) is 18.2 Å². The van der Waals surface area contributed by atoms with Crippen molar-refractivity contribution in [1.82, 2.24) is 0 Å². The summed E-state index contributed by atoms with van der Waals surface area (Å²) in [5.74, 6) is -1.96. The average molecular weight is 290 g/mol. The minimum atomic E-state index is -3.43. The Labute approximate surface area is 109 Å². The lowest BCUT2D eigenvalue weighted by atomic mass is 10.1. The fourth-order valence-electron chi connectivity index (χ4n) is 1.25. The SMILES string of the molecule is CS(=O)(=O)CC(=O)Nc1ccc(F)cc1C(N)=S. The van der Waals surface area contributed by atoms with Gasteiger partial charge in [0.1, 0.15) is 16.6 Å². The van der Waals surface area contributed by atoms with Gasteiger partial charge in [-0.15, -0.1) is 0 Å². The molecule has 8 heteroatoms. The molecule has 0 atom stereocenters. The second kappa shape index (κ2) is 5.40. The molecule has 1 amide bonds. The summed E-state index contributed by atoms with van der Waals surface area (Å²) < 4.78 is 34.9. The summed E-state index contributed by atoms with van der Waals surface area (Å²) in [4.78, 5) is 11.3. The maximum Gasteiger partial charge on any atom is 0.239 e. The van der Waals surface area contributed by atoms with Crippen LogP contribution in [0.4, 0.5) is 10.1 Å². The maximum atomic E-state index is 13.0. The molecule has 0 heterocycles. The lowest BCUT2D eigenvalue weighted by Crippen LogP contribution is -2.24. The maximum absolute atomic E-state index is 13.0. The summed E-state index contributed by atoms with van der Waals surface area (Å²) in [6.45, 7) is 0. The van der Waals surface area contributed by atoms with Crippen molar-refractivity contribution < 1.29 is 17.6 Å². The Kier molecular flexibility index (Phi) is 4.36. The summed E-state index contributed by atoms with van der Waals surface area (Å²) >= 11 is 4.71. The Morgan fingerprint density at radius 1 is 1.50 bits per heavy atom. The molecule has 1 aromatic carbocycles. The minimum Gasteiger partial charge on any atom is -0.389 e. The van der Waals surface area contributed by atoms with Gasteiger partial charge in [0.05, 0.1) is 5.69 Å². The number of rotatable bonds is 4. The lowest BCUT2D eigenvalue weighted by molar-refractivity contribution is -0.113. The van der Waals surface area contributed by atoms with Gasteiger partial charge in [-0.25, -0.2) is 12.8 Å². The van der Waals surface area contributed by atoms with Crippen molar-refractivity contribution in [3.05, 3.63) is 29.6 Å². The number of nitrogens with two attached hydrogens (primary N) is 1. The molecule has 0 radical (unpaired) electrons. The Bertz CT molecular complexity index is 599. The Balaban J connectivity index is 2.98. The molecule has 0 bridgehead atoms. The number of sulfone groups is 1. The van der Waals surface area contributed by atoms with Crippen molar-refractivity contribution in [3.63, 3.8) is 0 Å². The zero-order chi connectivity index (χ0) is 13.9. The molecule has 0 fully saturated rings. The summed E-state index contributed by atoms with van der Waals surface area (Å²) in [6.07, 6.45) is 0.936. The fourth-order valence-corrected chi connectivity index (χ4v) is 1.97. The molecule has 18 heavy (non-hydrogen) atoms. The predicted octanol–water partition coefficient (Wildman–Crippen LogP) is 0.443. The molecule has 3 N–H and O–H groups in total. The van der Waals surface area contributed by atoms with Gasteiger partial charge in [0, 0.05) is 11.8 Å². The fraction of sp³-hybridized carbons (Fsp3) is 0.200. The average Bonchev–Trinajstić information content (AvgIpc) is 2.17. The number of nitrogens with one attached hydrogen (secondary N) is 1. The Hall–Kier alpha value is -1.54. The van der Waals surface area contributed by atoms with E-state index in [4.69, 9.17) is 18.0 Å². The van der Waals surface area contributed by atoms with Crippen molar-refractivity contribution in [3.8, 4) is 0 Å². The van der Waals surface area contributed by atoms with E-state index in [0.717, 1.165) is 18.4 Å². The summed E-state index contributed by atoms with van der Waals surface area (Å²) in [6, 6.07) is 3.44. The Morgan fingerprint density at radius 2 is 2.11 bits per heavy atom. The zero-order valence-corrected chi connectivity index (χ0v) is 11.1. The van der Waals surface area contributed by atoms with Gasteiger partial charge in [-0.2, -0.15) is 0 Å². The van der Waals surface area contributed by atoms with Gasteiger partial charge in [0.2, 0.25) is 5.91 Å². The summed E-state index contributed by atoms with van der Waals surface area (Å²) in [5, 5.41) is 2.32. The summed E-state index contributed by atoms with van der Waals surface area (Å²) in [5.41, 5.74) is 5.71. The molecule has 0 saturated carbocycles. The van der Waals surface area contributed by atoms with Gasteiger partial charge in [-0.3, -0.25) is 4.79 Å². The molecular weight excluding hydrogens is 279 g/mol. The molecule has 5 nitrogen and oxygen atoms in total. The van der Waals surface area contributed by atoms with E-state index in [1.165, 1.54) is 6.07 Å². The van der Waals surface area contributed by atoms with Crippen LogP contribution < -0.4 is 11.1 Å². The Morgan fingerprint density at radius 3 is 2.61 bits per heavy atom. The number of halogens is 1. The van der Waals surface area contributed by atoms with Crippen LogP contribution in [-0.2, 0) is 14.6 Å². The molecule has 1 aromatic rings. The molecule has 0 saturated heterocycles. The third-order valence-corrected chi connectivity index (χ3v) is 2.92. The molecule has 0 aliphatic carbocycles. The molecule has 0 unspecified atom stereocenters. The van der Waals surface area contributed by atoms with E-state index in [2.05, 4.69) is 5.32 Å². The number of thiocarbonyl (C=S) groups is 1. The van der Waals surface area contributed by atoms with Crippen molar-refractivity contribution in [2.24, 2.45) is 5.73 Å². The van der Waals surface area contributed by atoms with Crippen LogP contribution in [0.3, 0.4) is 0 Å². The number of carbonyl (C=O) groups excluding carboxylic acids is 1. The molecule has 0 aromatic heterocycles. The first-order valence-corrected chi connectivity index (χ1v) is 7.23. The highest BCUT2D eigenvalue weighted by atomic mass is 32.2. The van der Waals surface area contributed by atoms with Crippen LogP contribution >= 0.6 is 12.2 Å². The van der Waals surface area contributed by atoms with E-state index in [1.807, 2.05) is 0 Å². The highest BCUT2D eigenvalue weighted by Crippen LogP contribution is 2.17. The van der Waals surface area contributed by atoms with Crippen LogP contribution in [0.2, 0.25) is 0 Å². The topological polar surface area (TPSA) is 89.3 Å². The highest BCUT2D eigenvalue weighted by molar-refractivity contribution is 7.91. The van der Waals surface area contributed by atoms with Crippen LogP contribution in [0.1, 0.15) is 5.56 Å². The first kappa shape index (κ1) is 14.5. The third kappa shape index (κ3) is 4.38. The van der Waals surface area contributed by atoms with Gasteiger partial charge in [0.25, 0.3) is 0 Å². The normalized spacial score (nSPS) is 11.0. The predicted molar refractivity (Wildman–Crippen MR) is 70.6 cm³/mol. The summed E-state index contributed by atoms with van der Waals surface area (Å²) in [7, 11) is -3.43. The van der Waals surface area contributed by atoms with Gasteiger partial charge in [0.15, 0.2) is 9.84 Å². The zero-order valence-electron chi connectivity index (χ0n) is 9.44. The first-order chi connectivity index (χ1) is 8.19. The van der Waals surface area contributed by atoms with E-state index in [0.29, 0.717) is 0 Å². The molecule has 0 aliphatic heterocycles. The van der Waals surface area contributed by atoms with E-state index in [-0.39, 0.29) is 16.2 Å². The van der Waals surface area contributed by atoms with E-state index < -0.39 is 27.3 Å². The molecular formula is C10H11FN2O3S2. The van der Waals surface area contributed by atoms with Crippen molar-refractivity contribution in [1.29, 1.82) is 0 Å². The molecule has 0 spiro atoms. The smallest absolute Gasteiger partial charge is 0.239 e. The van der Waals surface area contributed by atoms with Crippen LogP contribution in [0, 0.1) is 5.82 Å². The molecule has 98 valence electrons. The number of amides is 1. The standard InChI is InChI=1S/C10H11FN2O3S2/c1-18(15,16)5-9(14)13-8-3-2-6(11)4-7(8)10(12)17/h2-4H,5H2,1H3,(H2,12,17)(H,13,14). The van der Waals surface area contributed by atoms with Crippen LogP contribution in [0.25, 0.3) is 0 Å². The van der Waals surface area contributed by atoms with Crippen molar-refractivity contribution in [2.45, 2.75) is 0 Å². The molecule has 1 rings (SSSR count). The highest BCUT2D eigenvalue weighted by Gasteiger charge is 2.14. The lowest BCUT2D eigenvalue weighted by Gasteiger charge is -2.09. The van der Waals surface area contributed by atoms with Gasteiger partial charge in [-0.05, 0) is 18.2 Å². The minimum absolute atomic E-state index is 0.0934. The number of carbonyl (C=O) groups is 1. The monoisotopic (exact) mass is 290 g/mol. The number of anilines is 1. The van der Waals surface area contributed by atoms with Gasteiger partial charge in [-0.1, -0.05) is 12.2 Å². The quantitative estimate of drug-likeness (QED) is 0.786. The third-order valence-electron chi connectivity index (χ3n) is 1.91. The van der Waals surface area contributed by atoms with E-state index in [1.54, 1.807) is 0 Å². The first-order valence-electron chi connectivity index (χ1n) is 4.76. The van der Waals surface area contributed by atoms with Crippen molar-refractivity contribution in [2.75, 3.05) is 17.3 Å². The second-order valence-electron chi connectivity index (χ2n) is 3.67. The number of hydrogen-bond donors (Lipinski definition) is 2. The number of hydrogen-bond acceptors (Lipinski definition) is 4. The van der Waals surface area contributed by atoms with Gasteiger partial charge < -0.3 is 11.1 Å². The second-order valence-corrected chi connectivity index (χ2v) is 6.25. The van der Waals surface area contributed by atoms with Crippen molar-refractivity contribution >= 4 is 38.6 Å². The van der Waals surface area contributed by atoms with Crippen LogP contribution in [0.5, 0.6) is 0 Å². The van der Waals surface area contributed by atoms with Gasteiger partial charge >= 0.3 is 0 Å². The van der Waals surface area contributed by atoms with E-state index >= 15 is 0 Å². The van der Waals surface area contributed by atoms with Crippen LogP contribution in [-0.4, -0.2) is 31.3 Å². The van der Waals surface area contributed by atoms with E-state index in [9.17, 15) is 17.6 Å². The number of benzene rings is 1. The molecule has 0 aliphatic rings. The largest absolute Gasteiger partial charge is 0.389 e.